The molecule has 1 aliphatic rings. The molecule has 0 saturated carbocycles. The van der Waals surface area contributed by atoms with Gasteiger partial charge in [-0.25, -0.2) is 4.98 Å². The molecular weight excluding hydrogens is 252 g/mol. The van der Waals surface area contributed by atoms with Crippen LogP contribution in [0.2, 0.25) is 0 Å². The second kappa shape index (κ2) is 6.17. The maximum Gasteiger partial charge on any atom is 0.105 e. The standard InChI is InChI=1S/C14H22N6/c1-13-15-5-10-19(13)8-4-9-20-12-14(16-17-20)11-18-6-2-3-7-18/h5,10,12H,2-4,6-9,11H2,1H3. The molecule has 0 atom stereocenters. The van der Waals surface area contributed by atoms with Crippen molar-refractivity contribution in [1.29, 1.82) is 0 Å². The van der Waals surface area contributed by atoms with E-state index in [1.54, 1.807) is 0 Å². The molecule has 3 rings (SSSR count). The third-order valence-corrected chi connectivity index (χ3v) is 3.88. The number of hydrogen-bond donors (Lipinski definition) is 0. The van der Waals surface area contributed by atoms with Crippen LogP contribution in [-0.4, -0.2) is 42.5 Å². The molecule has 2 aromatic rings. The molecule has 20 heavy (non-hydrogen) atoms. The largest absolute Gasteiger partial charge is 0.335 e. The van der Waals surface area contributed by atoms with Crippen LogP contribution in [0.15, 0.2) is 18.6 Å². The van der Waals surface area contributed by atoms with Crippen molar-refractivity contribution >= 4 is 0 Å². The van der Waals surface area contributed by atoms with Crippen LogP contribution in [0, 0.1) is 6.92 Å². The summed E-state index contributed by atoms with van der Waals surface area (Å²) in [4.78, 5) is 6.67. The number of rotatable bonds is 6. The molecule has 6 heteroatoms. The van der Waals surface area contributed by atoms with Crippen molar-refractivity contribution in [2.24, 2.45) is 0 Å². The predicted octanol–water partition coefficient (Wildman–Crippen LogP) is 1.47. The van der Waals surface area contributed by atoms with Crippen molar-refractivity contribution in [2.45, 2.75) is 45.8 Å². The topological polar surface area (TPSA) is 51.8 Å². The number of aryl methyl sites for hydroxylation is 3. The Kier molecular flexibility index (Phi) is 4.11. The summed E-state index contributed by atoms with van der Waals surface area (Å²) in [5, 5.41) is 8.48. The third kappa shape index (κ3) is 3.25. The summed E-state index contributed by atoms with van der Waals surface area (Å²) in [6, 6.07) is 0. The minimum absolute atomic E-state index is 0.907. The number of hydrogen-bond acceptors (Lipinski definition) is 4. The molecule has 1 saturated heterocycles. The zero-order valence-corrected chi connectivity index (χ0v) is 12.1. The molecule has 0 aliphatic carbocycles. The van der Waals surface area contributed by atoms with E-state index in [1.165, 1.54) is 25.9 Å². The highest BCUT2D eigenvalue weighted by atomic mass is 15.4. The van der Waals surface area contributed by atoms with E-state index in [0.717, 1.165) is 37.6 Å². The summed E-state index contributed by atoms with van der Waals surface area (Å²) in [7, 11) is 0. The molecule has 0 amide bonds. The summed E-state index contributed by atoms with van der Waals surface area (Å²) >= 11 is 0. The van der Waals surface area contributed by atoms with Crippen LogP contribution in [0.5, 0.6) is 0 Å². The number of aromatic nitrogens is 5. The lowest BCUT2D eigenvalue weighted by Crippen LogP contribution is -2.18. The Balaban J connectivity index is 1.46. The summed E-state index contributed by atoms with van der Waals surface area (Å²) in [5.41, 5.74) is 1.09. The van der Waals surface area contributed by atoms with Crippen LogP contribution in [0.1, 0.15) is 30.8 Å². The van der Waals surface area contributed by atoms with Crippen LogP contribution in [0.3, 0.4) is 0 Å². The molecule has 2 aromatic heterocycles. The van der Waals surface area contributed by atoms with E-state index in [1.807, 2.05) is 24.0 Å². The fourth-order valence-corrected chi connectivity index (χ4v) is 2.73. The van der Waals surface area contributed by atoms with E-state index < -0.39 is 0 Å². The van der Waals surface area contributed by atoms with Gasteiger partial charge in [0.2, 0.25) is 0 Å². The normalized spacial score (nSPS) is 16.1. The van der Waals surface area contributed by atoms with E-state index >= 15 is 0 Å². The Morgan fingerprint density at radius 3 is 2.80 bits per heavy atom. The predicted molar refractivity (Wildman–Crippen MR) is 76.1 cm³/mol. The van der Waals surface area contributed by atoms with Crippen LogP contribution < -0.4 is 0 Å². The zero-order valence-electron chi connectivity index (χ0n) is 12.1. The van der Waals surface area contributed by atoms with E-state index in [0.29, 0.717) is 0 Å². The van der Waals surface area contributed by atoms with Gasteiger partial charge in [-0.1, -0.05) is 5.21 Å². The van der Waals surface area contributed by atoms with Gasteiger partial charge in [0.1, 0.15) is 5.82 Å². The highest BCUT2D eigenvalue weighted by Crippen LogP contribution is 2.10. The monoisotopic (exact) mass is 274 g/mol. The number of likely N-dealkylation sites (tertiary alicyclic amines) is 1. The first-order valence-electron chi connectivity index (χ1n) is 7.40. The minimum Gasteiger partial charge on any atom is -0.335 e. The fraction of sp³-hybridized carbons (Fsp3) is 0.643. The van der Waals surface area contributed by atoms with Gasteiger partial charge in [-0.05, 0) is 39.3 Å². The first kappa shape index (κ1) is 13.3. The summed E-state index contributed by atoms with van der Waals surface area (Å²) in [5.74, 6) is 1.07. The average molecular weight is 274 g/mol. The van der Waals surface area contributed by atoms with E-state index in [9.17, 15) is 0 Å². The molecule has 0 unspecified atom stereocenters. The van der Waals surface area contributed by atoms with Gasteiger partial charge in [-0.3, -0.25) is 9.58 Å². The molecular formula is C14H22N6. The Labute approximate surface area is 119 Å². The molecule has 0 bridgehead atoms. The Morgan fingerprint density at radius 1 is 1.20 bits per heavy atom. The fourth-order valence-electron chi connectivity index (χ4n) is 2.73. The SMILES string of the molecule is Cc1nccn1CCCn1cc(CN2CCCC2)nn1. The molecule has 1 fully saturated rings. The lowest BCUT2D eigenvalue weighted by atomic mass is 10.4. The smallest absolute Gasteiger partial charge is 0.105 e. The van der Waals surface area contributed by atoms with E-state index in [2.05, 4.69) is 31.0 Å². The molecule has 0 radical (unpaired) electrons. The van der Waals surface area contributed by atoms with Gasteiger partial charge in [0, 0.05) is 38.2 Å². The van der Waals surface area contributed by atoms with Gasteiger partial charge >= 0.3 is 0 Å². The van der Waals surface area contributed by atoms with Crippen LogP contribution in [-0.2, 0) is 19.6 Å². The van der Waals surface area contributed by atoms with Crippen molar-refractivity contribution in [3.05, 3.63) is 30.1 Å². The van der Waals surface area contributed by atoms with Crippen molar-refractivity contribution in [3.63, 3.8) is 0 Å². The minimum atomic E-state index is 0.907. The highest BCUT2D eigenvalue weighted by Gasteiger charge is 2.13. The maximum atomic E-state index is 4.27. The molecule has 0 spiro atoms. The van der Waals surface area contributed by atoms with Gasteiger partial charge < -0.3 is 4.57 Å². The van der Waals surface area contributed by atoms with Gasteiger partial charge in [-0.15, -0.1) is 5.10 Å². The Bertz CT molecular complexity index is 537. The molecule has 6 nitrogen and oxygen atoms in total. The third-order valence-electron chi connectivity index (χ3n) is 3.88. The zero-order chi connectivity index (χ0) is 13.8. The Morgan fingerprint density at radius 2 is 2.05 bits per heavy atom. The molecule has 0 aromatic carbocycles. The van der Waals surface area contributed by atoms with Crippen molar-refractivity contribution in [1.82, 2.24) is 29.4 Å². The van der Waals surface area contributed by atoms with Gasteiger partial charge in [-0.2, -0.15) is 0 Å². The highest BCUT2D eigenvalue weighted by molar-refractivity contribution is 4.93. The lowest BCUT2D eigenvalue weighted by Gasteiger charge is -2.11. The molecule has 0 N–H and O–H groups in total. The van der Waals surface area contributed by atoms with Crippen LogP contribution >= 0.6 is 0 Å². The second-order valence-corrected chi connectivity index (χ2v) is 5.48. The van der Waals surface area contributed by atoms with Gasteiger partial charge in [0.05, 0.1) is 5.69 Å². The molecule has 3 heterocycles. The van der Waals surface area contributed by atoms with Gasteiger partial charge in [0.25, 0.3) is 0 Å². The second-order valence-electron chi connectivity index (χ2n) is 5.48. The van der Waals surface area contributed by atoms with Gasteiger partial charge in [0.15, 0.2) is 0 Å². The van der Waals surface area contributed by atoms with E-state index in [-0.39, 0.29) is 0 Å². The first-order valence-corrected chi connectivity index (χ1v) is 7.40. The van der Waals surface area contributed by atoms with Crippen molar-refractivity contribution < 1.29 is 0 Å². The quantitative estimate of drug-likeness (QED) is 0.800. The summed E-state index contributed by atoms with van der Waals surface area (Å²) in [6.07, 6.45) is 9.63. The van der Waals surface area contributed by atoms with Crippen molar-refractivity contribution in [3.8, 4) is 0 Å². The average Bonchev–Trinajstić information content (AvgIpc) is 3.15. The van der Waals surface area contributed by atoms with Crippen LogP contribution in [0.4, 0.5) is 0 Å². The number of nitrogens with zero attached hydrogens (tertiary/aromatic N) is 6. The number of imidazole rings is 1. The van der Waals surface area contributed by atoms with Crippen LogP contribution in [0.25, 0.3) is 0 Å². The lowest BCUT2D eigenvalue weighted by molar-refractivity contribution is 0.327. The summed E-state index contributed by atoms with van der Waals surface area (Å²) in [6.45, 7) is 7.27. The molecule has 108 valence electrons. The maximum absolute atomic E-state index is 4.27. The first-order chi connectivity index (χ1) is 9.81. The molecule has 1 aliphatic heterocycles. The van der Waals surface area contributed by atoms with Crippen molar-refractivity contribution in [2.75, 3.05) is 13.1 Å². The Hall–Kier alpha value is -1.69. The summed E-state index contributed by atoms with van der Waals surface area (Å²) < 4.78 is 4.12. The van der Waals surface area contributed by atoms with E-state index in [4.69, 9.17) is 0 Å².